The predicted molar refractivity (Wildman–Crippen MR) is 172 cm³/mol. The van der Waals surface area contributed by atoms with E-state index in [4.69, 9.17) is 4.74 Å². The predicted octanol–water partition coefficient (Wildman–Crippen LogP) is 3.27. The Bertz CT molecular complexity index is 1680. The maximum Gasteiger partial charge on any atom is 0.302 e. The summed E-state index contributed by atoms with van der Waals surface area (Å²) in [5, 5.41) is 7.74. The molecule has 15 heteroatoms. The molecule has 1 aromatic carbocycles. The summed E-state index contributed by atoms with van der Waals surface area (Å²) in [4.78, 5) is 59.5. The molecule has 12 nitrogen and oxygen atoms in total. The first kappa shape index (κ1) is 33.1. The molecule has 0 spiro atoms. The van der Waals surface area contributed by atoms with Crippen molar-refractivity contribution in [3.63, 3.8) is 0 Å². The number of fused-ring (bicyclic) bond motifs is 2. The van der Waals surface area contributed by atoms with Crippen LogP contribution in [0.1, 0.15) is 64.7 Å². The molecule has 1 saturated heterocycles. The van der Waals surface area contributed by atoms with Gasteiger partial charge in [-0.15, -0.1) is 11.3 Å². The van der Waals surface area contributed by atoms with Gasteiger partial charge >= 0.3 is 5.97 Å². The average molecular weight is 688 g/mol. The molecule has 2 saturated carbocycles. The first-order valence-corrected chi connectivity index (χ1v) is 18.4. The van der Waals surface area contributed by atoms with Gasteiger partial charge in [0, 0.05) is 30.2 Å². The van der Waals surface area contributed by atoms with Gasteiger partial charge in [-0.1, -0.05) is 25.0 Å². The number of amides is 3. The zero-order valence-electron chi connectivity index (χ0n) is 25.9. The molecule has 6 rings (SSSR count). The highest BCUT2D eigenvalue weighted by Gasteiger charge is 2.62. The normalized spacial score (nSPS) is 28.3. The molecule has 2 aromatic rings. The third-order valence-electron chi connectivity index (χ3n) is 9.12. The van der Waals surface area contributed by atoms with Crippen molar-refractivity contribution in [3.05, 3.63) is 47.6 Å². The molecule has 0 bridgehead atoms. The van der Waals surface area contributed by atoms with Crippen LogP contribution in [0, 0.1) is 11.7 Å². The highest BCUT2D eigenvalue weighted by atomic mass is 32.2. The van der Waals surface area contributed by atoms with Crippen LogP contribution in [-0.2, 0) is 33.9 Å². The molecule has 2 aliphatic heterocycles. The van der Waals surface area contributed by atoms with Crippen molar-refractivity contribution in [2.75, 3.05) is 11.9 Å². The van der Waals surface area contributed by atoms with Gasteiger partial charge in [0.1, 0.15) is 29.5 Å². The first-order valence-electron chi connectivity index (χ1n) is 16.0. The molecule has 0 unspecified atom stereocenters. The molecule has 0 radical (unpaired) electrons. The van der Waals surface area contributed by atoms with Crippen molar-refractivity contribution in [1.82, 2.24) is 19.9 Å². The van der Waals surface area contributed by atoms with Crippen LogP contribution in [0.3, 0.4) is 0 Å². The number of hydrogen-bond donors (Lipinski definition) is 3. The van der Waals surface area contributed by atoms with Gasteiger partial charge in [-0.3, -0.25) is 23.9 Å². The lowest BCUT2D eigenvalue weighted by Gasteiger charge is -2.29. The molecular formula is C32H38FN5O7S2. The standard InChI is InChI=1S/C32H38FN5O7S2/c1-19(39)45-23-15-27-28(40)36-32(30(42)37-47(43,44)24-13-14-24)16-21(32)7-5-3-2-4-6-8-25(29(41)38(27)17-23)34-31-35-26(18-46-31)20-9-11-22(33)12-10-20/h5,7,9-12,18,21,23-25,27H,2-4,6,8,13-17H2,1H3,(H,34,35)(H,36,40)(H,37,42)/t21-,23-,25+,27+,32-/m1/s1. The highest BCUT2D eigenvalue weighted by molar-refractivity contribution is 7.91. The van der Waals surface area contributed by atoms with E-state index in [0.717, 1.165) is 24.8 Å². The molecule has 3 fully saturated rings. The Morgan fingerprint density at radius 3 is 2.62 bits per heavy atom. The largest absolute Gasteiger partial charge is 0.461 e. The van der Waals surface area contributed by atoms with E-state index in [1.807, 2.05) is 17.5 Å². The zero-order valence-corrected chi connectivity index (χ0v) is 27.6. The van der Waals surface area contributed by atoms with Crippen LogP contribution in [0.25, 0.3) is 11.3 Å². The summed E-state index contributed by atoms with van der Waals surface area (Å²) in [6.07, 6.45) is 7.80. The number of rotatable bonds is 7. The van der Waals surface area contributed by atoms with E-state index in [9.17, 15) is 32.0 Å². The van der Waals surface area contributed by atoms with Crippen LogP contribution in [0.2, 0.25) is 0 Å². The summed E-state index contributed by atoms with van der Waals surface area (Å²) in [6, 6.07) is 4.12. The summed E-state index contributed by atoms with van der Waals surface area (Å²) >= 11 is 1.30. The van der Waals surface area contributed by atoms with E-state index in [0.29, 0.717) is 36.5 Å². The van der Waals surface area contributed by atoms with Crippen LogP contribution >= 0.6 is 11.3 Å². The molecule has 252 valence electrons. The van der Waals surface area contributed by atoms with E-state index in [1.165, 1.54) is 35.3 Å². The van der Waals surface area contributed by atoms with Gasteiger partial charge in [-0.25, -0.2) is 17.8 Å². The minimum Gasteiger partial charge on any atom is -0.461 e. The van der Waals surface area contributed by atoms with Gasteiger partial charge in [0.15, 0.2) is 5.13 Å². The van der Waals surface area contributed by atoms with Crippen molar-refractivity contribution < 1.29 is 36.7 Å². The van der Waals surface area contributed by atoms with E-state index in [2.05, 4.69) is 20.3 Å². The van der Waals surface area contributed by atoms with Crippen LogP contribution in [0.15, 0.2) is 41.8 Å². The summed E-state index contributed by atoms with van der Waals surface area (Å²) in [7, 11) is -3.86. The number of sulfonamides is 1. The van der Waals surface area contributed by atoms with Gasteiger partial charge < -0.3 is 20.3 Å². The van der Waals surface area contributed by atoms with Gasteiger partial charge in [-0.05, 0) is 62.8 Å². The van der Waals surface area contributed by atoms with Gasteiger partial charge in [0.05, 0.1) is 17.5 Å². The molecule has 3 amide bonds. The number of nitrogens with zero attached hydrogens (tertiary/aromatic N) is 2. The quantitative estimate of drug-likeness (QED) is 0.293. The molecule has 4 aliphatic rings. The van der Waals surface area contributed by atoms with Crippen LogP contribution in [-0.4, -0.2) is 77.5 Å². The second kappa shape index (κ2) is 13.3. The number of allylic oxidation sites excluding steroid dienone is 1. The fraction of sp³-hybridized carbons (Fsp3) is 0.531. The Balaban J connectivity index is 1.26. The Morgan fingerprint density at radius 1 is 1.13 bits per heavy atom. The third-order valence-corrected chi connectivity index (χ3v) is 11.7. The summed E-state index contributed by atoms with van der Waals surface area (Å²) < 4.78 is 46.4. The van der Waals surface area contributed by atoms with Crippen molar-refractivity contribution in [3.8, 4) is 11.3 Å². The molecule has 3 N–H and O–H groups in total. The van der Waals surface area contributed by atoms with Crippen molar-refractivity contribution in [1.29, 1.82) is 0 Å². The van der Waals surface area contributed by atoms with E-state index in [1.54, 1.807) is 12.1 Å². The van der Waals surface area contributed by atoms with E-state index >= 15 is 0 Å². The molecule has 2 aliphatic carbocycles. The number of halogens is 1. The summed E-state index contributed by atoms with van der Waals surface area (Å²) in [5.74, 6) is -3.11. The number of aromatic nitrogens is 1. The maximum absolute atomic E-state index is 14.2. The van der Waals surface area contributed by atoms with Crippen LogP contribution in [0.4, 0.5) is 9.52 Å². The first-order chi connectivity index (χ1) is 22.4. The minimum atomic E-state index is -3.86. The molecule has 47 heavy (non-hydrogen) atoms. The lowest BCUT2D eigenvalue weighted by Crippen LogP contribution is -2.57. The Hall–Kier alpha value is -3.85. The minimum absolute atomic E-state index is 0.0219. The number of ether oxygens (including phenoxy) is 1. The summed E-state index contributed by atoms with van der Waals surface area (Å²) in [5.41, 5.74) is -0.133. The topological polar surface area (TPSA) is 164 Å². The number of thiazole rings is 1. The lowest BCUT2D eigenvalue weighted by molar-refractivity contribution is -0.146. The number of nitrogens with one attached hydrogen (secondary N) is 3. The number of carbonyl (C=O) groups excluding carboxylic acids is 4. The van der Waals surface area contributed by atoms with Gasteiger partial charge in [-0.2, -0.15) is 0 Å². The SMILES string of the molecule is CC(=O)O[C@@H]1C[C@H]2C(=O)N[C@]3(C(=O)NS(=O)(=O)C4CC4)C[C@H]3C=CCCCCC[C@H](Nc3nc(-c4ccc(F)cc4)cs3)C(=O)N2C1. The Morgan fingerprint density at radius 2 is 1.89 bits per heavy atom. The second-order valence-corrected chi connectivity index (χ2v) is 15.5. The third kappa shape index (κ3) is 7.51. The number of carbonyl (C=O) groups is 4. The molecular weight excluding hydrogens is 650 g/mol. The van der Waals surface area contributed by atoms with Gasteiger partial charge in [0.25, 0.3) is 5.91 Å². The number of esters is 1. The van der Waals surface area contributed by atoms with Crippen LogP contribution in [0.5, 0.6) is 0 Å². The second-order valence-electron chi connectivity index (χ2n) is 12.7. The smallest absolute Gasteiger partial charge is 0.302 e. The van der Waals surface area contributed by atoms with Crippen molar-refractivity contribution in [2.24, 2.45) is 5.92 Å². The Kier molecular flexibility index (Phi) is 9.38. The van der Waals surface area contributed by atoms with Gasteiger partial charge in [0.2, 0.25) is 21.8 Å². The van der Waals surface area contributed by atoms with Crippen molar-refractivity contribution in [2.45, 2.75) is 93.7 Å². The molecule has 5 atom stereocenters. The molecule has 1 aromatic heterocycles. The van der Waals surface area contributed by atoms with Crippen molar-refractivity contribution >= 4 is 50.2 Å². The number of benzene rings is 1. The van der Waals surface area contributed by atoms with E-state index < -0.39 is 62.7 Å². The number of hydrogen-bond acceptors (Lipinski definition) is 10. The zero-order chi connectivity index (χ0) is 33.3. The fourth-order valence-electron chi connectivity index (χ4n) is 6.32. The Labute approximate surface area is 276 Å². The summed E-state index contributed by atoms with van der Waals surface area (Å²) in [6.45, 7) is 1.23. The monoisotopic (exact) mass is 687 g/mol. The fourth-order valence-corrected chi connectivity index (χ4v) is 8.46. The highest BCUT2D eigenvalue weighted by Crippen LogP contribution is 2.46. The molecule has 3 heterocycles. The van der Waals surface area contributed by atoms with E-state index in [-0.39, 0.29) is 31.1 Å². The lowest BCUT2D eigenvalue weighted by atomic mass is 10.1. The maximum atomic E-state index is 14.2. The van der Waals surface area contributed by atoms with Crippen LogP contribution < -0.4 is 15.4 Å². The number of anilines is 1. The average Bonchev–Trinajstić information content (AvgIpc) is 3.90.